The summed E-state index contributed by atoms with van der Waals surface area (Å²) in [4.78, 5) is 51.3. The number of hydrogen-bond donors (Lipinski definition) is 0. The molecule has 8 heteroatoms. The minimum atomic E-state index is -0.603. The Labute approximate surface area is 198 Å². The van der Waals surface area contributed by atoms with Crippen LogP contribution in [0, 0.1) is 0 Å². The third kappa shape index (κ3) is 8.05. The first-order valence-electron chi connectivity index (χ1n) is 10.9. The normalized spacial score (nSPS) is 13.8. The molecule has 1 fully saturated rings. The van der Waals surface area contributed by atoms with Crippen LogP contribution in [0.25, 0.3) is 12.2 Å². The van der Waals surface area contributed by atoms with Gasteiger partial charge in [0.1, 0.15) is 0 Å². The van der Waals surface area contributed by atoms with E-state index < -0.39 is 11.9 Å². The zero-order valence-electron chi connectivity index (χ0n) is 18.7. The molecule has 0 N–H and O–H groups in total. The van der Waals surface area contributed by atoms with E-state index in [2.05, 4.69) is 0 Å². The van der Waals surface area contributed by atoms with Crippen molar-refractivity contribution in [1.82, 2.24) is 9.80 Å². The zero-order chi connectivity index (χ0) is 24.2. The summed E-state index contributed by atoms with van der Waals surface area (Å²) in [6.07, 6.45) is 5.77. The van der Waals surface area contributed by atoms with Gasteiger partial charge in [0, 0.05) is 38.3 Å². The van der Waals surface area contributed by atoms with Crippen LogP contribution in [0.5, 0.6) is 0 Å². The van der Waals surface area contributed by atoms with Gasteiger partial charge in [0.25, 0.3) is 11.8 Å². The Morgan fingerprint density at radius 2 is 0.971 bits per heavy atom. The quantitative estimate of drug-likeness (QED) is 0.441. The molecule has 1 heterocycles. The second kappa shape index (κ2) is 12.7. The number of amides is 2. The first-order chi connectivity index (χ1) is 16.5. The molecule has 0 saturated carbocycles. The number of nitrogens with zero attached hydrogens (tertiary/aromatic N) is 2. The van der Waals surface area contributed by atoms with Crippen LogP contribution in [0.2, 0.25) is 0 Å². The predicted molar refractivity (Wildman–Crippen MR) is 126 cm³/mol. The zero-order valence-corrected chi connectivity index (χ0v) is 18.7. The molecule has 2 aromatic rings. The van der Waals surface area contributed by atoms with Gasteiger partial charge in [-0.3, -0.25) is 9.59 Å². The standard InChI is InChI=1S/C26H26N2O6/c29-23(19-33-25(31)13-11-21-7-3-1-4-8-21)27-15-17-28(18-16-27)24(30)20-34-26(32)14-12-22-9-5-2-6-10-22/h1-14H,15-20H2/b13-11+,14-12+. The SMILES string of the molecule is O=C(/C=C/c1ccccc1)OCC(=O)N1CCN(C(=O)COC(=O)/C=C/c2ccccc2)CC1. The molecule has 3 rings (SSSR count). The average molecular weight is 463 g/mol. The molecule has 0 aliphatic carbocycles. The molecule has 2 amide bonds. The van der Waals surface area contributed by atoms with Crippen molar-refractivity contribution >= 4 is 35.9 Å². The Hall–Kier alpha value is -4.20. The van der Waals surface area contributed by atoms with E-state index in [1.165, 1.54) is 22.0 Å². The summed E-state index contributed by atoms with van der Waals surface area (Å²) in [5.41, 5.74) is 1.70. The van der Waals surface area contributed by atoms with Crippen molar-refractivity contribution in [1.29, 1.82) is 0 Å². The monoisotopic (exact) mass is 462 g/mol. The number of hydrogen-bond acceptors (Lipinski definition) is 6. The number of piperazine rings is 1. The molecule has 2 aromatic carbocycles. The molecule has 0 spiro atoms. The summed E-state index contributed by atoms with van der Waals surface area (Å²) in [7, 11) is 0. The fourth-order valence-electron chi connectivity index (χ4n) is 3.21. The van der Waals surface area contributed by atoms with Gasteiger partial charge in [0.05, 0.1) is 0 Å². The first-order valence-corrected chi connectivity index (χ1v) is 10.9. The molecule has 0 atom stereocenters. The van der Waals surface area contributed by atoms with Crippen molar-refractivity contribution in [2.75, 3.05) is 39.4 Å². The van der Waals surface area contributed by atoms with Crippen molar-refractivity contribution in [3.05, 3.63) is 83.9 Å². The Morgan fingerprint density at radius 3 is 1.32 bits per heavy atom. The lowest BCUT2D eigenvalue weighted by Crippen LogP contribution is -2.52. The van der Waals surface area contributed by atoms with E-state index >= 15 is 0 Å². The molecule has 0 aromatic heterocycles. The molecule has 1 aliphatic rings. The second-order valence-corrected chi connectivity index (χ2v) is 7.47. The minimum Gasteiger partial charge on any atom is -0.452 e. The van der Waals surface area contributed by atoms with Crippen LogP contribution in [-0.2, 0) is 28.7 Å². The number of benzene rings is 2. The van der Waals surface area contributed by atoms with Crippen LogP contribution in [-0.4, -0.2) is 72.9 Å². The Bertz CT molecular complexity index is 956. The number of rotatable bonds is 8. The summed E-state index contributed by atoms with van der Waals surface area (Å²) >= 11 is 0. The summed E-state index contributed by atoms with van der Waals surface area (Å²) < 4.78 is 10.0. The molecule has 176 valence electrons. The van der Waals surface area contributed by atoms with Crippen LogP contribution < -0.4 is 0 Å². The lowest BCUT2D eigenvalue weighted by molar-refractivity contribution is -0.152. The van der Waals surface area contributed by atoms with E-state index in [0.717, 1.165) is 11.1 Å². The highest BCUT2D eigenvalue weighted by Crippen LogP contribution is 2.05. The van der Waals surface area contributed by atoms with Crippen molar-refractivity contribution in [3.8, 4) is 0 Å². The van der Waals surface area contributed by atoms with Gasteiger partial charge < -0.3 is 19.3 Å². The van der Waals surface area contributed by atoms with E-state index in [0.29, 0.717) is 26.2 Å². The van der Waals surface area contributed by atoms with Crippen LogP contribution in [0.4, 0.5) is 0 Å². The van der Waals surface area contributed by atoms with Crippen LogP contribution in [0.3, 0.4) is 0 Å². The predicted octanol–water partition coefficient (Wildman–Crippen LogP) is 2.17. The lowest BCUT2D eigenvalue weighted by atomic mass is 10.2. The van der Waals surface area contributed by atoms with E-state index in [4.69, 9.17) is 9.47 Å². The third-order valence-corrected chi connectivity index (χ3v) is 5.08. The molecule has 34 heavy (non-hydrogen) atoms. The summed E-state index contributed by atoms with van der Waals surface area (Å²) in [5, 5.41) is 0. The maximum absolute atomic E-state index is 12.3. The fourth-order valence-corrected chi connectivity index (χ4v) is 3.21. The highest BCUT2D eigenvalue weighted by Gasteiger charge is 2.25. The molecule has 0 unspecified atom stereocenters. The van der Waals surface area contributed by atoms with Gasteiger partial charge >= 0.3 is 11.9 Å². The Balaban J connectivity index is 1.33. The van der Waals surface area contributed by atoms with Crippen molar-refractivity contribution in [2.24, 2.45) is 0 Å². The highest BCUT2D eigenvalue weighted by molar-refractivity contribution is 5.90. The number of ether oxygens (including phenoxy) is 2. The van der Waals surface area contributed by atoms with Gasteiger partial charge in [0.15, 0.2) is 13.2 Å². The molecule has 0 bridgehead atoms. The van der Waals surface area contributed by atoms with E-state index in [1.54, 1.807) is 12.2 Å². The smallest absolute Gasteiger partial charge is 0.331 e. The third-order valence-electron chi connectivity index (χ3n) is 5.08. The summed E-state index contributed by atoms with van der Waals surface area (Å²) in [6.45, 7) is 0.510. The van der Waals surface area contributed by atoms with E-state index in [9.17, 15) is 19.2 Å². The van der Waals surface area contributed by atoms with Crippen LogP contribution in [0.15, 0.2) is 72.8 Å². The van der Waals surface area contributed by atoms with Crippen molar-refractivity contribution in [3.63, 3.8) is 0 Å². The summed E-state index contributed by atoms with van der Waals surface area (Å²) in [5.74, 6) is -1.86. The van der Waals surface area contributed by atoms with Gasteiger partial charge in [-0.15, -0.1) is 0 Å². The molecule has 1 aliphatic heterocycles. The molecule has 0 radical (unpaired) electrons. The molecular formula is C26H26N2O6. The summed E-state index contributed by atoms with van der Waals surface area (Å²) in [6, 6.07) is 18.5. The lowest BCUT2D eigenvalue weighted by Gasteiger charge is -2.34. The number of carbonyl (C=O) groups is 4. The number of esters is 2. The van der Waals surface area contributed by atoms with Gasteiger partial charge in [-0.2, -0.15) is 0 Å². The fraction of sp³-hybridized carbons (Fsp3) is 0.231. The Morgan fingerprint density at radius 1 is 0.618 bits per heavy atom. The molecule has 8 nitrogen and oxygen atoms in total. The van der Waals surface area contributed by atoms with E-state index in [-0.39, 0.29) is 25.0 Å². The highest BCUT2D eigenvalue weighted by atomic mass is 16.5. The second-order valence-electron chi connectivity index (χ2n) is 7.47. The van der Waals surface area contributed by atoms with Crippen LogP contribution >= 0.6 is 0 Å². The number of carbonyl (C=O) groups excluding carboxylic acids is 4. The maximum Gasteiger partial charge on any atom is 0.331 e. The topological polar surface area (TPSA) is 93.2 Å². The van der Waals surface area contributed by atoms with E-state index in [1.807, 2.05) is 60.7 Å². The Kier molecular flexibility index (Phi) is 9.16. The maximum atomic E-state index is 12.3. The molecular weight excluding hydrogens is 436 g/mol. The average Bonchev–Trinajstić information content (AvgIpc) is 2.89. The van der Waals surface area contributed by atoms with Gasteiger partial charge in [-0.25, -0.2) is 9.59 Å². The first kappa shape index (κ1) is 24.4. The minimum absolute atomic E-state index is 0.309. The van der Waals surface area contributed by atoms with Gasteiger partial charge in [-0.1, -0.05) is 60.7 Å². The van der Waals surface area contributed by atoms with Crippen molar-refractivity contribution < 1.29 is 28.7 Å². The van der Waals surface area contributed by atoms with Gasteiger partial charge in [-0.05, 0) is 23.3 Å². The van der Waals surface area contributed by atoms with Crippen molar-refractivity contribution in [2.45, 2.75) is 0 Å². The molecule has 1 saturated heterocycles. The largest absolute Gasteiger partial charge is 0.452 e. The van der Waals surface area contributed by atoms with Crippen LogP contribution in [0.1, 0.15) is 11.1 Å². The van der Waals surface area contributed by atoms with Gasteiger partial charge in [0.2, 0.25) is 0 Å².